The fraction of sp³-hybridized carbons (Fsp3) is 0.0417. The third-order valence-electron chi connectivity index (χ3n) is 5.07. The van der Waals surface area contributed by atoms with Crippen LogP contribution in [0.3, 0.4) is 0 Å². The Morgan fingerprint density at radius 3 is 2.55 bits per heavy atom. The molecule has 2 heterocycles. The second-order valence-electron chi connectivity index (χ2n) is 7.42. The van der Waals surface area contributed by atoms with Crippen molar-refractivity contribution in [1.82, 2.24) is 15.0 Å². The van der Waals surface area contributed by atoms with Crippen LogP contribution < -0.4 is 5.32 Å². The summed E-state index contributed by atoms with van der Waals surface area (Å²) in [5.41, 5.74) is 3.64. The SMILES string of the molecule is Cc1ccc(-c2ccc(C(=O)Nc3ccc4nn(-c5ccccc5)nc4c3)o2)c([N+](=O)[O-])c1. The Morgan fingerprint density at radius 1 is 0.970 bits per heavy atom. The number of furan rings is 1. The number of benzene rings is 3. The van der Waals surface area contributed by atoms with Crippen LogP contribution in [0, 0.1) is 17.0 Å². The number of nitro benzene ring substituents is 1. The Hall–Kier alpha value is -4.79. The molecule has 0 bridgehead atoms. The van der Waals surface area contributed by atoms with E-state index in [4.69, 9.17) is 4.42 Å². The van der Waals surface area contributed by atoms with E-state index in [1.807, 2.05) is 30.3 Å². The highest BCUT2D eigenvalue weighted by molar-refractivity contribution is 6.03. The van der Waals surface area contributed by atoms with Crippen LogP contribution >= 0.6 is 0 Å². The number of nitrogens with one attached hydrogen (secondary N) is 1. The average Bonchev–Trinajstić information content (AvgIpc) is 3.47. The molecule has 5 aromatic rings. The lowest BCUT2D eigenvalue weighted by molar-refractivity contribution is -0.384. The Kier molecular flexibility index (Phi) is 4.91. The van der Waals surface area contributed by atoms with Crippen LogP contribution in [-0.4, -0.2) is 25.8 Å². The molecule has 0 saturated heterocycles. The van der Waals surface area contributed by atoms with Crippen LogP contribution in [0.15, 0.2) is 83.3 Å². The number of hydrogen-bond donors (Lipinski definition) is 1. The maximum atomic E-state index is 12.7. The van der Waals surface area contributed by atoms with Crippen molar-refractivity contribution in [3.8, 4) is 17.0 Å². The molecular formula is C24H17N5O4. The van der Waals surface area contributed by atoms with E-state index in [1.54, 1.807) is 43.3 Å². The molecule has 0 saturated carbocycles. The molecule has 0 unspecified atom stereocenters. The van der Waals surface area contributed by atoms with Gasteiger partial charge in [0.2, 0.25) is 0 Å². The van der Waals surface area contributed by atoms with Crippen molar-refractivity contribution in [2.24, 2.45) is 0 Å². The first-order valence-electron chi connectivity index (χ1n) is 10.1. The number of fused-ring (bicyclic) bond motifs is 1. The normalized spacial score (nSPS) is 10.9. The van der Waals surface area contributed by atoms with Gasteiger partial charge in [0.15, 0.2) is 5.76 Å². The van der Waals surface area contributed by atoms with E-state index < -0.39 is 10.8 Å². The van der Waals surface area contributed by atoms with Gasteiger partial charge in [-0.15, -0.1) is 10.2 Å². The molecule has 0 aliphatic carbocycles. The summed E-state index contributed by atoms with van der Waals surface area (Å²) in [5, 5.41) is 23.1. The van der Waals surface area contributed by atoms with E-state index in [0.29, 0.717) is 22.3 Å². The largest absolute Gasteiger partial charge is 0.451 e. The fourth-order valence-electron chi connectivity index (χ4n) is 3.47. The number of carbonyl (C=O) groups is 1. The van der Waals surface area contributed by atoms with Crippen molar-refractivity contribution < 1.29 is 14.1 Å². The average molecular weight is 439 g/mol. The summed E-state index contributed by atoms with van der Waals surface area (Å²) < 4.78 is 5.64. The molecule has 0 fully saturated rings. The summed E-state index contributed by atoms with van der Waals surface area (Å²) >= 11 is 0. The highest BCUT2D eigenvalue weighted by Crippen LogP contribution is 2.32. The van der Waals surface area contributed by atoms with Gasteiger partial charge in [-0.3, -0.25) is 14.9 Å². The second kappa shape index (κ2) is 8.04. The van der Waals surface area contributed by atoms with Crippen LogP contribution in [0.1, 0.15) is 16.1 Å². The summed E-state index contributed by atoms with van der Waals surface area (Å²) in [4.78, 5) is 25.2. The van der Waals surface area contributed by atoms with E-state index in [9.17, 15) is 14.9 Å². The van der Waals surface area contributed by atoms with Gasteiger partial charge in [0, 0.05) is 11.8 Å². The highest BCUT2D eigenvalue weighted by Gasteiger charge is 2.20. The van der Waals surface area contributed by atoms with Crippen molar-refractivity contribution in [1.29, 1.82) is 0 Å². The minimum Gasteiger partial charge on any atom is -0.451 e. The monoisotopic (exact) mass is 439 g/mol. The molecule has 33 heavy (non-hydrogen) atoms. The fourth-order valence-corrected chi connectivity index (χ4v) is 3.47. The van der Waals surface area contributed by atoms with Crippen LogP contribution in [0.5, 0.6) is 0 Å². The number of nitro groups is 1. The molecule has 9 heteroatoms. The van der Waals surface area contributed by atoms with Crippen LogP contribution in [-0.2, 0) is 0 Å². The molecule has 0 radical (unpaired) electrons. The first-order valence-corrected chi connectivity index (χ1v) is 10.1. The zero-order valence-corrected chi connectivity index (χ0v) is 17.4. The molecule has 0 aliphatic heterocycles. The van der Waals surface area contributed by atoms with Crippen molar-refractivity contribution in [3.63, 3.8) is 0 Å². The summed E-state index contributed by atoms with van der Waals surface area (Å²) in [7, 11) is 0. The summed E-state index contributed by atoms with van der Waals surface area (Å²) in [6.07, 6.45) is 0. The number of amides is 1. The smallest absolute Gasteiger partial charge is 0.291 e. The summed E-state index contributed by atoms with van der Waals surface area (Å²) in [6.45, 7) is 1.77. The van der Waals surface area contributed by atoms with Gasteiger partial charge in [0.25, 0.3) is 11.6 Å². The molecule has 0 aliphatic rings. The van der Waals surface area contributed by atoms with Gasteiger partial charge in [-0.1, -0.05) is 24.3 Å². The van der Waals surface area contributed by atoms with Crippen molar-refractivity contribution >= 4 is 28.3 Å². The molecule has 5 rings (SSSR count). The van der Waals surface area contributed by atoms with Crippen molar-refractivity contribution in [2.45, 2.75) is 6.92 Å². The van der Waals surface area contributed by atoms with Gasteiger partial charge in [-0.25, -0.2) is 0 Å². The Labute approximate surface area is 187 Å². The van der Waals surface area contributed by atoms with E-state index in [0.717, 1.165) is 11.3 Å². The number of anilines is 1. The number of aryl methyl sites for hydroxylation is 1. The number of rotatable bonds is 5. The van der Waals surface area contributed by atoms with E-state index in [1.165, 1.54) is 16.9 Å². The van der Waals surface area contributed by atoms with Gasteiger partial charge in [-0.2, -0.15) is 4.80 Å². The summed E-state index contributed by atoms with van der Waals surface area (Å²) in [5.74, 6) is -0.202. The predicted molar refractivity (Wildman–Crippen MR) is 122 cm³/mol. The molecule has 1 amide bonds. The molecular weight excluding hydrogens is 422 g/mol. The highest BCUT2D eigenvalue weighted by atomic mass is 16.6. The van der Waals surface area contributed by atoms with Crippen LogP contribution in [0.25, 0.3) is 28.0 Å². The minimum absolute atomic E-state index is 0.0351. The lowest BCUT2D eigenvalue weighted by Crippen LogP contribution is -2.10. The zero-order valence-electron chi connectivity index (χ0n) is 17.4. The lowest BCUT2D eigenvalue weighted by atomic mass is 10.1. The summed E-state index contributed by atoms with van der Waals surface area (Å²) in [6, 6.07) is 22.6. The standard InChI is InChI=1S/C24H17N5O4/c1-15-7-9-18(21(13-15)29(31)32)22-11-12-23(33-22)24(30)25-16-8-10-19-20(14-16)27-28(26-19)17-5-3-2-4-6-17/h2-14H,1H3,(H,25,30). The first kappa shape index (κ1) is 20.1. The Bertz CT molecular complexity index is 1500. The number of nitrogens with zero attached hydrogens (tertiary/aromatic N) is 4. The Morgan fingerprint density at radius 2 is 1.76 bits per heavy atom. The van der Waals surface area contributed by atoms with Gasteiger partial charge in [0.05, 0.1) is 16.2 Å². The topological polar surface area (TPSA) is 116 Å². The molecule has 0 atom stereocenters. The van der Waals surface area contributed by atoms with Crippen molar-refractivity contribution in [2.75, 3.05) is 5.32 Å². The minimum atomic E-state index is -0.481. The van der Waals surface area contributed by atoms with Gasteiger partial charge in [-0.05, 0) is 61.0 Å². The van der Waals surface area contributed by atoms with Gasteiger partial charge >= 0.3 is 0 Å². The van der Waals surface area contributed by atoms with Crippen LogP contribution in [0.4, 0.5) is 11.4 Å². The van der Waals surface area contributed by atoms with E-state index in [2.05, 4.69) is 15.5 Å². The quantitative estimate of drug-likeness (QED) is 0.299. The molecule has 0 spiro atoms. The molecule has 162 valence electrons. The third kappa shape index (κ3) is 3.94. The maximum Gasteiger partial charge on any atom is 0.291 e. The van der Waals surface area contributed by atoms with Gasteiger partial charge < -0.3 is 9.73 Å². The predicted octanol–water partition coefficient (Wildman–Crippen LogP) is 5.15. The number of hydrogen-bond acceptors (Lipinski definition) is 6. The lowest BCUT2D eigenvalue weighted by Gasteiger charge is -2.03. The maximum absolute atomic E-state index is 12.7. The van der Waals surface area contributed by atoms with Gasteiger partial charge in [0.1, 0.15) is 16.8 Å². The Balaban J connectivity index is 1.38. The second-order valence-corrected chi connectivity index (χ2v) is 7.42. The van der Waals surface area contributed by atoms with E-state index >= 15 is 0 Å². The van der Waals surface area contributed by atoms with E-state index in [-0.39, 0.29) is 17.2 Å². The molecule has 3 aromatic carbocycles. The number of aromatic nitrogens is 3. The number of carbonyl (C=O) groups excluding carboxylic acids is 1. The van der Waals surface area contributed by atoms with Crippen LogP contribution in [0.2, 0.25) is 0 Å². The molecule has 2 aromatic heterocycles. The first-order chi connectivity index (χ1) is 16.0. The zero-order chi connectivity index (χ0) is 22.9. The molecule has 9 nitrogen and oxygen atoms in total. The third-order valence-corrected chi connectivity index (χ3v) is 5.07. The van der Waals surface area contributed by atoms with Crippen molar-refractivity contribution in [3.05, 3.63) is 100 Å². The number of para-hydroxylation sites is 1. The molecule has 1 N–H and O–H groups in total.